The number of thiophene rings is 1. The maximum atomic E-state index is 5.20. The van der Waals surface area contributed by atoms with Gasteiger partial charge in [-0.2, -0.15) is 0 Å². The SMILES string of the molecule is c1ccc(-c2ccc(N(c3ccc4c5c(cccc35)-c3nc(-c5ccccc5)sc3-4)c3cccc4c3sc3ccccc34)cc2)cc1. The Morgan fingerprint density at radius 1 is 0.447 bits per heavy atom. The summed E-state index contributed by atoms with van der Waals surface area (Å²) < 4.78 is 2.59. The number of benzene rings is 7. The molecule has 0 atom stereocenters. The lowest BCUT2D eigenvalue weighted by atomic mass is 10.00. The lowest BCUT2D eigenvalue weighted by Crippen LogP contribution is -2.10. The lowest BCUT2D eigenvalue weighted by molar-refractivity contribution is 1.32. The first-order chi connectivity index (χ1) is 23.3. The van der Waals surface area contributed by atoms with Crippen LogP contribution in [0.5, 0.6) is 0 Å². The number of rotatable bonds is 5. The first kappa shape index (κ1) is 26.6. The summed E-state index contributed by atoms with van der Waals surface area (Å²) in [7, 11) is 0. The van der Waals surface area contributed by atoms with Gasteiger partial charge < -0.3 is 4.90 Å². The average molecular weight is 635 g/mol. The predicted octanol–water partition coefficient (Wildman–Crippen LogP) is 13.1. The molecule has 7 aromatic carbocycles. The van der Waals surface area contributed by atoms with Crippen molar-refractivity contribution in [3.05, 3.63) is 158 Å². The van der Waals surface area contributed by atoms with E-state index in [-0.39, 0.29) is 0 Å². The van der Waals surface area contributed by atoms with Crippen LogP contribution >= 0.6 is 22.7 Å². The summed E-state index contributed by atoms with van der Waals surface area (Å²) in [5, 5.41) is 6.18. The maximum absolute atomic E-state index is 5.20. The molecule has 0 saturated carbocycles. The molecule has 9 aromatic rings. The molecular weight excluding hydrogens is 609 g/mol. The molecule has 0 amide bonds. The fourth-order valence-electron chi connectivity index (χ4n) is 7.11. The zero-order valence-electron chi connectivity index (χ0n) is 25.2. The minimum Gasteiger partial charge on any atom is -0.308 e. The molecule has 1 aliphatic rings. The van der Waals surface area contributed by atoms with Gasteiger partial charge in [0.15, 0.2) is 0 Å². The van der Waals surface area contributed by atoms with Gasteiger partial charge in [-0.05, 0) is 41.5 Å². The molecule has 2 heterocycles. The van der Waals surface area contributed by atoms with Crippen molar-refractivity contribution >= 4 is 70.7 Å². The minimum atomic E-state index is 1.07. The number of anilines is 3. The predicted molar refractivity (Wildman–Crippen MR) is 202 cm³/mol. The van der Waals surface area contributed by atoms with Crippen LogP contribution in [0.2, 0.25) is 0 Å². The average Bonchev–Trinajstić information content (AvgIpc) is 3.83. The highest BCUT2D eigenvalue weighted by molar-refractivity contribution is 7.26. The van der Waals surface area contributed by atoms with Crippen molar-refractivity contribution in [1.82, 2.24) is 4.98 Å². The van der Waals surface area contributed by atoms with Crippen LogP contribution in [0, 0.1) is 0 Å². The zero-order valence-corrected chi connectivity index (χ0v) is 26.9. The Hall–Kier alpha value is -5.55. The Labute approximate surface area is 280 Å². The lowest BCUT2D eigenvalue weighted by Gasteiger charge is -2.28. The standard InChI is InChI=1S/C43H26N2S2/c1-3-11-27(12-4-1)28-21-23-30(24-22-28)45(37-19-10-16-32-31-15-7-8-20-38(31)46-41(32)37)36-26-25-35-39-33(36)17-9-18-34(39)40-42(35)47-43(44-40)29-13-5-2-6-14-29/h1-26H. The fourth-order valence-corrected chi connectivity index (χ4v) is 9.44. The molecule has 0 fully saturated rings. The molecule has 2 aromatic heterocycles. The molecule has 0 radical (unpaired) electrons. The van der Waals surface area contributed by atoms with Gasteiger partial charge in [-0.15, -0.1) is 22.7 Å². The molecule has 0 unspecified atom stereocenters. The summed E-state index contributed by atoms with van der Waals surface area (Å²) in [4.78, 5) is 8.92. The summed E-state index contributed by atoms with van der Waals surface area (Å²) in [6.45, 7) is 0. The second kappa shape index (κ2) is 10.5. The third-order valence-corrected chi connectivity index (χ3v) is 11.6. The van der Waals surface area contributed by atoms with Crippen LogP contribution in [0.1, 0.15) is 0 Å². The second-order valence-corrected chi connectivity index (χ2v) is 14.0. The van der Waals surface area contributed by atoms with Gasteiger partial charge >= 0.3 is 0 Å². The molecule has 10 rings (SSSR count). The summed E-state index contributed by atoms with van der Waals surface area (Å²) in [6, 6.07) is 57.0. The summed E-state index contributed by atoms with van der Waals surface area (Å²) in [5.41, 5.74) is 10.7. The van der Waals surface area contributed by atoms with Gasteiger partial charge in [0.2, 0.25) is 0 Å². The van der Waals surface area contributed by atoms with Gasteiger partial charge in [0.25, 0.3) is 0 Å². The molecule has 0 saturated heterocycles. The van der Waals surface area contributed by atoms with Crippen LogP contribution in [0.3, 0.4) is 0 Å². The van der Waals surface area contributed by atoms with E-state index in [0.717, 1.165) is 16.4 Å². The smallest absolute Gasteiger partial charge is 0.124 e. The topological polar surface area (TPSA) is 16.1 Å². The van der Waals surface area contributed by atoms with E-state index >= 15 is 0 Å². The third-order valence-electron chi connectivity index (χ3n) is 9.26. The normalized spacial score (nSPS) is 11.8. The Morgan fingerprint density at radius 3 is 1.96 bits per heavy atom. The van der Waals surface area contributed by atoms with Crippen molar-refractivity contribution in [2.75, 3.05) is 4.90 Å². The monoisotopic (exact) mass is 634 g/mol. The van der Waals surface area contributed by atoms with Crippen molar-refractivity contribution in [2.24, 2.45) is 0 Å². The summed E-state index contributed by atoms with van der Waals surface area (Å²) in [6.07, 6.45) is 0. The molecule has 1 aliphatic carbocycles. The fraction of sp³-hybridized carbons (Fsp3) is 0. The summed E-state index contributed by atoms with van der Waals surface area (Å²) in [5.74, 6) is 0. The van der Waals surface area contributed by atoms with Crippen LogP contribution in [0.4, 0.5) is 17.1 Å². The molecule has 47 heavy (non-hydrogen) atoms. The van der Waals surface area contributed by atoms with Gasteiger partial charge in [0.1, 0.15) is 5.01 Å². The van der Waals surface area contributed by atoms with E-state index in [9.17, 15) is 0 Å². The van der Waals surface area contributed by atoms with Crippen molar-refractivity contribution < 1.29 is 0 Å². The molecular formula is C43H26N2S2. The van der Waals surface area contributed by atoms with E-state index in [2.05, 4.69) is 163 Å². The first-order valence-corrected chi connectivity index (χ1v) is 17.4. The Morgan fingerprint density at radius 2 is 1.13 bits per heavy atom. The molecule has 0 N–H and O–H groups in total. The largest absolute Gasteiger partial charge is 0.308 e. The quantitative estimate of drug-likeness (QED) is 0.187. The number of nitrogens with zero attached hydrogens (tertiary/aromatic N) is 2. The Bertz CT molecular complexity index is 2590. The van der Waals surface area contributed by atoms with Crippen LogP contribution in [-0.2, 0) is 0 Å². The van der Waals surface area contributed by atoms with Gasteiger partial charge in [-0.1, -0.05) is 127 Å². The number of hydrogen-bond acceptors (Lipinski definition) is 4. The van der Waals surface area contributed by atoms with Gasteiger partial charge in [-0.3, -0.25) is 0 Å². The van der Waals surface area contributed by atoms with Crippen molar-refractivity contribution in [1.29, 1.82) is 0 Å². The van der Waals surface area contributed by atoms with Crippen molar-refractivity contribution in [3.8, 4) is 43.4 Å². The number of fused-ring (bicyclic) bond motifs is 6. The molecule has 220 valence electrons. The maximum Gasteiger partial charge on any atom is 0.124 e. The van der Waals surface area contributed by atoms with Crippen LogP contribution in [-0.4, -0.2) is 4.98 Å². The van der Waals surface area contributed by atoms with Gasteiger partial charge in [-0.25, -0.2) is 4.98 Å². The molecule has 0 aliphatic heterocycles. The molecule has 0 bridgehead atoms. The molecule has 2 nitrogen and oxygen atoms in total. The van der Waals surface area contributed by atoms with Crippen molar-refractivity contribution in [3.63, 3.8) is 0 Å². The van der Waals surface area contributed by atoms with Crippen molar-refractivity contribution in [2.45, 2.75) is 0 Å². The van der Waals surface area contributed by atoms with E-state index in [1.807, 2.05) is 11.3 Å². The highest BCUT2D eigenvalue weighted by Crippen LogP contribution is 2.54. The van der Waals surface area contributed by atoms with Crippen LogP contribution < -0.4 is 4.90 Å². The van der Waals surface area contributed by atoms with E-state index in [0.29, 0.717) is 0 Å². The second-order valence-electron chi connectivity index (χ2n) is 11.9. The number of aromatic nitrogens is 1. The number of thiazole rings is 1. The highest BCUT2D eigenvalue weighted by Gasteiger charge is 2.29. The summed E-state index contributed by atoms with van der Waals surface area (Å²) >= 11 is 3.66. The van der Waals surface area contributed by atoms with E-state index in [4.69, 9.17) is 4.98 Å². The van der Waals surface area contributed by atoms with E-state index < -0.39 is 0 Å². The van der Waals surface area contributed by atoms with Crippen LogP contribution in [0.15, 0.2) is 158 Å². The van der Waals surface area contributed by atoms with E-state index in [1.165, 1.54) is 75.0 Å². The van der Waals surface area contributed by atoms with Crippen LogP contribution in [0.25, 0.3) is 74.3 Å². The number of hydrogen-bond donors (Lipinski definition) is 0. The molecule has 0 spiro atoms. The minimum absolute atomic E-state index is 1.07. The van der Waals surface area contributed by atoms with Gasteiger partial charge in [0, 0.05) is 48.6 Å². The third kappa shape index (κ3) is 4.12. The highest BCUT2D eigenvalue weighted by atomic mass is 32.1. The zero-order chi connectivity index (χ0) is 30.9. The van der Waals surface area contributed by atoms with E-state index in [1.54, 1.807) is 11.3 Å². The Balaban J connectivity index is 1.19. The van der Waals surface area contributed by atoms with Gasteiger partial charge in [0.05, 0.1) is 26.6 Å². The molecule has 4 heteroatoms. The Kier molecular flexibility index (Phi) is 5.95. The first-order valence-electron chi connectivity index (χ1n) is 15.8.